The Hall–Kier alpha value is -2.00. The third-order valence-electron chi connectivity index (χ3n) is 2.96. The van der Waals surface area contributed by atoms with Gasteiger partial charge in [0.05, 0.1) is 4.92 Å². The number of aromatic nitrogens is 2. The van der Waals surface area contributed by atoms with Crippen LogP contribution < -0.4 is 16.0 Å². The molecule has 0 radical (unpaired) electrons. The van der Waals surface area contributed by atoms with Gasteiger partial charge in [-0.2, -0.15) is 4.98 Å². The number of likely N-dealkylation sites (N-methyl/N-ethyl adjacent to an activating group) is 1. The molecule has 19 heavy (non-hydrogen) atoms. The second kappa shape index (κ2) is 5.33. The molecule has 1 aliphatic rings. The van der Waals surface area contributed by atoms with E-state index in [2.05, 4.69) is 20.3 Å². The SMILES string of the molecule is Cc1nc(NN)nc(OC2CCN(C)C2)c1[N+](=O)[O-]. The Morgan fingerprint density at radius 2 is 2.32 bits per heavy atom. The van der Waals surface area contributed by atoms with Crippen LogP contribution in [0.3, 0.4) is 0 Å². The number of nitrogens with one attached hydrogen (secondary N) is 1. The van der Waals surface area contributed by atoms with Crippen molar-refractivity contribution in [1.29, 1.82) is 0 Å². The van der Waals surface area contributed by atoms with Gasteiger partial charge in [-0.1, -0.05) is 0 Å². The minimum Gasteiger partial charge on any atom is -0.468 e. The molecule has 9 heteroatoms. The normalized spacial score (nSPS) is 19.4. The molecule has 2 heterocycles. The number of hydrazine groups is 1. The highest BCUT2D eigenvalue weighted by Crippen LogP contribution is 2.30. The first-order valence-electron chi connectivity index (χ1n) is 5.86. The summed E-state index contributed by atoms with van der Waals surface area (Å²) in [6, 6.07) is 0. The summed E-state index contributed by atoms with van der Waals surface area (Å²) in [5, 5.41) is 11.1. The molecule has 1 fully saturated rings. The van der Waals surface area contributed by atoms with Gasteiger partial charge in [-0.15, -0.1) is 0 Å². The number of nitrogen functional groups attached to an aromatic ring is 1. The zero-order valence-electron chi connectivity index (χ0n) is 10.8. The third-order valence-corrected chi connectivity index (χ3v) is 2.96. The van der Waals surface area contributed by atoms with Gasteiger partial charge in [0.25, 0.3) is 5.88 Å². The summed E-state index contributed by atoms with van der Waals surface area (Å²) in [6.07, 6.45) is 0.700. The van der Waals surface area contributed by atoms with Crippen LogP contribution in [0.5, 0.6) is 5.88 Å². The molecule has 0 bridgehead atoms. The van der Waals surface area contributed by atoms with E-state index in [-0.39, 0.29) is 29.3 Å². The molecular formula is C10H16N6O3. The molecule has 0 spiro atoms. The second-order valence-electron chi connectivity index (χ2n) is 4.48. The standard InChI is InChI=1S/C10H16N6O3/c1-6-8(16(17)18)9(13-10(12-6)14-11)19-7-3-4-15(2)5-7/h7H,3-5,11H2,1-2H3,(H,12,13,14). The molecule has 1 atom stereocenters. The first-order chi connectivity index (χ1) is 9.01. The van der Waals surface area contributed by atoms with Crippen molar-refractivity contribution in [2.75, 3.05) is 25.6 Å². The average molecular weight is 268 g/mol. The van der Waals surface area contributed by atoms with Crippen LogP contribution in [-0.4, -0.2) is 46.0 Å². The molecule has 0 amide bonds. The minimum absolute atomic E-state index is 0.0363. The van der Waals surface area contributed by atoms with Crippen molar-refractivity contribution < 1.29 is 9.66 Å². The Morgan fingerprint density at radius 1 is 1.58 bits per heavy atom. The van der Waals surface area contributed by atoms with Gasteiger partial charge in [-0.05, 0) is 20.4 Å². The van der Waals surface area contributed by atoms with Crippen LogP contribution in [0, 0.1) is 17.0 Å². The quantitative estimate of drug-likeness (QED) is 0.447. The van der Waals surface area contributed by atoms with E-state index in [1.807, 2.05) is 7.05 Å². The maximum atomic E-state index is 11.1. The molecule has 9 nitrogen and oxygen atoms in total. The molecule has 3 N–H and O–H groups in total. The van der Waals surface area contributed by atoms with Crippen molar-refractivity contribution >= 4 is 11.6 Å². The van der Waals surface area contributed by atoms with Gasteiger partial charge in [-0.25, -0.2) is 10.8 Å². The highest BCUT2D eigenvalue weighted by Gasteiger charge is 2.28. The first kappa shape index (κ1) is 13.4. The molecule has 104 valence electrons. The Bertz CT molecular complexity index is 494. The summed E-state index contributed by atoms with van der Waals surface area (Å²) < 4.78 is 5.63. The van der Waals surface area contributed by atoms with E-state index < -0.39 is 4.92 Å². The minimum atomic E-state index is -0.538. The summed E-state index contributed by atoms with van der Waals surface area (Å²) in [6.45, 7) is 3.13. The van der Waals surface area contributed by atoms with Crippen molar-refractivity contribution in [3.05, 3.63) is 15.8 Å². The van der Waals surface area contributed by atoms with Crippen LogP contribution >= 0.6 is 0 Å². The van der Waals surface area contributed by atoms with Crippen LogP contribution in [0.25, 0.3) is 0 Å². The smallest absolute Gasteiger partial charge is 0.352 e. The van der Waals surface area contributed by atoms with Gasteiger partial charge in [0.15, 0.2) is 0 Å². The van der Waals surface area contributed by atoms with Crippen LogP contribution in [-0.2, 0) is 0 Å². The average Bonchev–Trinajstić information content (AvgIpc) is 2.73. The second-order valence-corrected chi connectivity index (χ2v) is 4.48. The van der Waals surface area contributed by atoms with Gasteiger partial charge in [0.1, 0.15) is 11.8 Å². The zero-order chi connectivity index (χ0) is 14.0. The zero-order valence-corrected chi connectivity index (χ0v) is 10.8. The number of anilines is 1. The van der Waals surface area contributed by atoms with Gasteiger partial charge >= 0.3 is 5.69 Å². The van der Waals surface area contributed by atoms with E-state index in [1.54, 1.807) is 0 Å². The molecule has 2 rings (SSSR count). The molecule has 1 aromatic rings. The van der Waals surface area contributed by atoms with E-state index in [4.69, 9.17) is 10.6 Å². The lowest BCUT2D eigenvalue weighted by Crippen LogP contribution is -2.23. The van der Waals surface area contributed by atoms with Crippen LogP contribution in [0.15, 0.2) is 0 Å². The molecule has 1 aromatic heterocycles. The van der Waals surface area contributed by atoms with E-state index >= 15 is 0 Å². The number of nitrogens with zero attached hydrogens (tertiary/aromatic N) is 4. The highest BCUT2D eigenvalue weighted by molar-refractivity contribution is 5.48. The Morgan fingerprint density at radius 3 is 2.84 bits per heavy atom. The van der Waals surface area contributed by atoms with Crippen LogP contribution in [0.1, 0.15) is 12.1 Å². The third kappa shape index (κ3) is 2.88. The number of hydrogen-bond donors (Lipinski definition) is 2. The monoisotopic (exact) mass is 268 g/mol. The van der Waals surface area contributed by atoms with Gasteiger partial charge in [0.2, 0.25) is 5.95 Å². The fourth-order valence-electron chi connectivity index (χ4n) is 2.05. The summed E-state index contributed by atoms with van der Waals surface area (Å²) in [5.74, 6) is 5.30. The van der Waals surface area contributed by atoms with E-state index in [9.17, 15) is 10.1 Å². The summed E-state index contributed by atoms with van der Waals surface area (Å²) in [4.78, 5) is 20.4. The summed E-state index contributed by atoms with van der Waals surface area (Å²) in [7, 11) is 1.97. The van der Waals surface area contributed by atoms with Crippen molar-refractivity contribution in [2.45, 2.75) is 19.4 Å². The maximum absolute atomic E-state index is 11.1. The topological polar surface area (TPSA) is 119 Å². The summed E-state index contributed by atoms with van der Waals surface area (Å²) >= 11 is 0. The first-order valence-corrected chi connectivity index (χ1v) is 5.86. The van der Waals surface area contributed by atoms with Gasteiger partial charge in [0, 0.05) is 13.1 Å². The Kier molecular flexibility index (Phi) is 3.76. The van der Waals surface area contributed by atoms with Crippen LogP contribution in [0.2, 0.25) is 0 Å². The van der Waals surface area contributed by atoms with Crippen LogP contribution in [0.4, 0.5) is 11.6 Å². The van der Waals surface area contributed by atoms with Crippen molar-refractivity contribution in [1.82, 2.24) is 14.9 Å². The van der Waals surface area contributed by atoms with Gasteiger partial charge in [-0.3, -0.25) is 15.5 Å². The fourth-order valence-corrected chi connectivity index (χ4v) is 2.05. The van der Waals surface area contributed by atoms with E-state index in [1.165, 1.54) is 6.92 Å². The number of ether oxygens (including phenoxy) is 1. The molecule has 0 saturated carbocycles. The fraction of sp³-hybridized carbons (Fsp3) is 0.600. The number of aryl methyl sites for hydroxylation is 1. The lowest BCUT2D eigenvalue weighted by Gasteiger charge is -2.14. The van der Waals surface area contributed by atoms with Crippen molar-refractivity contribution in [3.63, 3.8) is 0 Å². The molecule has 1 unspecified atom stereocenters. The number of hydrogen-bond acceptors (Lipinski definition) is 8. The maximum Gasteiger partial charge on any atom is 0.352 e. The number of nitrogens with two attached hydrogens (primary N) is 1. The molecule has 1 saturated heterocycles. The number of rotatable bonds is 4. The highest BCUT2D eigenvalue weighted by atomic mass is 16.6. The molecular weight excluding hydrogens is 252 g/mol. The van der Waals surface area contributed by atoms with Crippen molar-refractivity contribution in [2.24, 2.45) is 5.84 Å². The van der Waals surface area contributed by atoms with Gasteiger partial charge < -0.3 is 9.64 Å². The van der Waals surface area contributed by atoms with E-state index in [0.717, 1.165) is 13.0 Å². The molecule has 0 aromatic carbocycles. The largest absolute Gasteiger partial charge is 0.468 e. The van der Waals surface area contributed by atoms with E-state index in [0.29, 0.717) is 6.54 Å². The lowest BCUT2D eigenvalue weighted by atomic mass is 10.3. The number of nitro groups is 1. The number of likely N-dealkylation sites (tertiary alicyclic amines) is 1. The lowest BCUT2D eigenvalue weighted by molar-refractivity contribution is -0.387. The molecule has 0 aliphatic carbocycles. The van der Waals surface area contributed by atoms with Crippen molar-refractivity contribution in [3.8, 4) is 5.88 Å². The predicted molar refractivity (Wildman–Crippen MR) is 67.8 cm³/mol. The Labute approximate surface area is 109 Å². The Balaban J connectivity index is 2.31. The predicted octanol–water partition coefficient (Wildman–Crippen LogP) is 0.0617. The molecule has 1 aliphatic heterocycles. The summed E-state index contributed by atoms with van der Waals surface area (Å²) in [5.41, 5.74) is 2.28.